The number of nitrogens with one attached hydrogen (secondary N) is 1. The SMILES string of the molecule is CC(F)(Cc1ccccc1Cl)C1CCCN1. The van der Waals surface area contributed by atoms with Gasteiger partial charge in [-0.25, -0.2) is 4.39 Å². The summed E-state index contributed by atoms with van der Waals surface area (Å²) in [5.74, 6) is 0. The standard InChI is InChI=1S/C13H17ClFN/c1-13(15,12-7-4-8-16-12)9-10-5-2-3-6-11(10)14/h2-3,5-6,12,16H,4,7-9H2,1H3. The Kier molecular flexibility index (Phi) is 3.50. The first-order chi connectivity index (χ1) is 7.59. The maximum Gasteiger partial charge on any atom is 0.127 e. The molecule has 0 bridgehead atoms. The van der Waals surface area contributed by atoms with E-state index in [4.69, 9.17) is 11.6 Å². The summed E-state index contributed by atoms with van der Waals surface area (Å²) in [6.45, 7) is 2.59. The average Bonchev–Trinajstić information content (AvgIpc) is 2.75. The lowest BCUT2D eigenvalue weighted by molar-refractivity contribution is 0.137. The molecule has 0 spiro atoms. The molecule has 0 saturated carbocycles. The van der Waals surface area contributed by atoms with Gasteiger partial charge in [0.05, 0.1) is 0 Å². The molecule has 1 nitrogen and oxygen atoms in total. The van der Waals surface area contributed by atoms with Gasteiger partial charge in [0.2, 0.25) is 0 Å². The number of rotatable bonds is 3. The van der Waals surface area contributed by atoms with Crippen LogP contribution in [-0.2, 0) is 6.42 Å². The van der Waals surface area contributed by atoms with Gasteiger partial charge < -0.3 is 5.32 Å². The van der Waals surface area contributed by atoms with Gasteiger partial charge in [-0.15, -0.1) is 0 Å². The van der Waals surface area contributed by atoms with Gasteiger partial charge in [0.15, 0.2) is 0 Å². The normalized spacial score (nSPS) is 24.3. The molecule has 1 N–H and O–H groups in total. The third-order valence-corrected chi connectivity index (χ3v) is 3.65. The number of alkyl halides is 1. The van der Waals surface area contributed by atoms with Crippen molar-refractivity contribution in [1.29, 1.82) is 0 Å². The molecule has 1 saturated heterocycles. The van der Waals surface area contributed by atoms with Crippen molar-refractivity contribution in [3.63, 3.8) is 0 Å². The molecule has 0 aromatic heterocycles. The van der Waals surface area contributed by atoms with Gasteiger partial charge in [-0.05, 0) is 37.9 Å². The van der Waals surface area contributed by atoms with Crippen molar-refractivity contribution in [1.82, 2.24) is 5.32 Å². The van der Waals surface area contributed by atoms with Crippen LogP contribution in [0.25, 0.3) is 0 Å². The van der Waals surface area contributed by atoms with Gasteiger partial charge in [-0.3, -0.25) is 0 Å². The van der Waals surface area contributed by atoms with E-state index in [9.17, 15) is 4.39 Å². The van der Waals surface area contributed by atoms with E-state index >= 15 is 0 Å². The highest BCUT2D eigenvalue weighted by Crippen LogP contribution is 2.29. The molecule has 2 rings (SSSR count). The first-order valence-electron chi connectivity index (χ1n) is 5.75. The largest absolute Gasteiger partial charge is 0.311 e. The van der Waals surface area contributed by atoms with Gasteiger partial charge >= 0.3 is 0 Å². The fraction of sp³-hybridized carbons (Fsp3) is 0.538. The number of halogens is 2. The van der Waals surface area contributed by atoms with Crippen LogP contribution in [0.5, 0.6) is 0 Å². The van der Waals surface area contributed by atoms with Crippen LogP contribution >= 0.6 is 11.6 Å². The zero-order valence-electron chi connectivity index (χ0n) is 9.47. The third-order valence-electron chi connectivity index (χ3n) is 3.28. The van der Waals surface area contributed by atoms with Crippen LogP contribution in [0.3, 0.4) is 0 Å². The molecule has 1 aromatic rings. The molecular weight excluding hydrogens is 225 g/mol. The Labute approximate surface area is 101 Å². The predicted molar refractivity (Wildman–Crippen MR) is 65.7 cm³/mol. The van der Waals surface area contributed by atoms with Crippen LogP contribution in [0.15, 0.2) is 24.3 Å². The summed E-state index contributed by atoms with van der Waals surface area (Å²) < 4.78 is 14.5. The van der Waals surface area contributed by atoms with E-state index in [0.717, 1.165) is 24.9 Å². The van der Waals surface area contributed by atoms with Gasteiger partial charge in [-0.1, -0.05) is 29.8 Å². The predicted octanol–water partition coefficient (Wildman–Crippen LogP) is 3.36. The zero-order valence-corrected chi connectivity index (χ0v) is 10.2. The molecule has 16 heavy (non-hydrogen) atoms. The van der Waals surface area contributed by atoms with Crippen LogP contribution < -0.4 is 5.32 Å². The van der Waals surface area contributed by atoms with E-state index < -0.39 is 5.67 Å². The Hall–Kier alpha value is -0.600. The summed E-state index contributed by atoms with van der Waals surface area (Å²) in [6, 6.07) is 7.45. The molecule has 88 valence electrons. The smallest absolute Gasteiger partial charge is 0.127 e. The Bertz CT molecular complexity index is 359. The second-order valence-electron chi connectivity index (χ2n) is 4.70. The maximum atomic E-state index is 14.5. The van der Waals surface area contributed by atoms with Crippen molar-refractivity contribution in [3.05, 3.63) is 34.9 Å². The zero-order chi connectivity index (χ0) is 11.6. The molecule has 0 radical (unpaired) electrons. The number of benzene rings is 1. The lowest BCUT2D eigenvalue weighted by Gasteiger charge is -2.28. The minimum atomic E-state index is -1.22. The summed E-state index contributed by atoms with van der Waals surface area (Å²) in [5, 5.41) is 3.88. The van der Waals surface area contributed by atoms with Gasteiger partial charge in [0.1, 0.15) is 5.67 Å². The molecule has 1 aliphatic heterocycles. The lowest BCUT2D eigenvalue weighted by atomic mass is 9.90. The summed E-state index contributed by atoms with van der Waals surface area (Å²) >= 11 is 6.05. The fourth-order valence-electron chi connectivity index (χ4n) is 2.34. The van der Waals surface area contributed by atoms with Crippen LogP contribution in [0.4, 0.5) is 4.39 Å². The third kappa shape index (κ3) is 2.55. The minimum absolute atomic E-state index is 0.0382. The summed E-state index contributed by atoms with van der Waals surface area (Å²) in [4.78, 5) is 0. The lowest BCUT2D eigenvalue weighted by Crippen LogP contribution is -2.43. The summed E-state index contributed by atoms with van der Waals surface area (Å²) in [5.41, 5.74) is -0.329. The van der Waals surface area contributed by atoms with Gasteiger partial charge in [0.25, 0.3) is 0 Å². The van der Waals surface area contributed by atoms with Crippen LogP contribution in [-0.4, -0.2) is 18.3 Å². The highest BCUT2D eigenvalue weighted by molar-refractivity contribution is 6.31. The Morgan fingerprint density at radius 1 is 1.50 bits per heavy atom. The van der Waals surface area contributed by atoms with Crippen molar-refractivity contribution in [2.75, 3.05) is 6.54 Å². The van der Waals surface area contributed by atoms with E-state index in [2.05, 4.69) is 5.32 Å². The first-order valence-corrected chi connectivity index (χ1v) is 6.13. The average molecular weight is 242 g/mol. The molecule has 1 aliphatic rings. The highest BCUT2D eigenvalue weighted by atomic mass is 35.5. The molecule has 3 heteroatoms. The fourth-order valence-corrected chi connectivity index (χ4v) is 2.54. The van der Waals surface area contributed by atoms with Crippen LogP contribution in [0, 0.1) is 0 Å². The van der Waals surface area contributed by atoms with Gasteiger partial charge in [0, 0.05) is 17.5 Å². The van der Waals surface area contributed by atoms with Crippen molar-refractivity contribution < 1.29 is 4.39 Å². The molecular formula is C13H17ClFN. The van der Waals surface area contributed by atoms with Crippen molar-refractivity contribution >= 4 is 11.6 Å². The van der Waals surface area contributed by atoms with E-state index in [-0.39, 0.29) is 6.04 Å². The molecule has 1 aromatic carbocycles. The summed E-state index contributed by atoms with van der Waals surface area (Å²) in [7, 11) is 0. The molecule has 0 aliphatic carbocycles. The van der Waals surface area contributed by atoms with Gasteiger partial charge in [-0.2, -0.15) is 0 Å². The maximum absolute atomic E-state index is 14.5. The van der Waals surface area contributed by atoms with Crippen molar-refractivity contribution in [2.24, 2.45) is 0 Å². The first kappa shape index (κ1) is 11.9. The van der Waals surface area contributed by atoms with E-state index in [1.54, 1.807) is 6.92 Å². The molecule has 1 fully saturated rings. The molecule has 2 unspecified atom stereocenters. The minimum Gasteiger partial charge on any atom is -0.311 e. The summed E-state index contributed by atoms with van der Waals surface area (Å²) in [6.07, 6.45) is 2.36. The van der Waals surface area contributed by atoms with E-state index in [0.29, 0.717) is 11.4 Å². The van der Waals surface area contributed by atoms with E-state index in [1.165, 1.54) is 0 Å². The second kappa shape index (κ2) is 4.72. The molecule has 0 amide bonds. The monoisotopic (exact) mass is 241 g/mol. The molecule has 2 atom stereocenters. The Morgan fingerprint density at radius 2 is 2.25 bits per heavy atom. The van der Waals surface area contributed by atoms with Crippen molar-refractivity contribution in [3.8, 4) is 0 Å². The molecule has 1 heterocycles. The Balaban J connectivity index is 2.10. The van der Waals surface area contributed by atoms with Crippen molar-refractivity contribution in [2.45, 2.75) is 37.9 Å². The van der Waals surface area contributed by atoms with E-state index in [1.807, 2.05) is 24.3 Å². The van der Waals surface area contributed by atoms with Crippen LogP contribution in [0.2, 0.25) is 5.02 Å². The Morgan fingerprint density at radius 3 is 2.88 bits per heavy atom. The number of hydrogen-bond donors (Lipinski definition) is 1. The van der Waals surface area contributed by atoms with Crippen LogP contribution in [0.1, 0.15) is 25.3 Å². The second-order valence-corrected chi connectivity index (χ2v) is 5.10. The highest BCUT2D eigenvalue weighted by Gasteiger charge is 2.36. The quantitative estimate of drug-likeness (QED) is 0.856. The number of hydrogen-bond acceptors (Lipinski definition) is 1. The topological polar surface area (TPSA) is 12.0 Å².